The van der Waals surface area contributed by atoms with Gasteiger partial charge in [0.25, 0.3) is 0 Å². The molecule has 0 amide bonds. The lowest BCUT2D eigenvalue weighted by atomic mass is 10.2. The summed E-state index contributed by atoms with van der Waals surface area (Å²) in [5.74, 6) is -0.421. The molecule has 0 atom stereocenters. The van der Waals surface area contributed by atoms with E-state index in [9.17, 15) is 4.39 Å². The molecular weight excluding hydrogens is 231 g/mol. The highest BCUT2D eigenvalue weighted by Crippen LogP contribution is 2.17. The van der Waals surface area contributed by atoms with Crippen molar-refractivity contribution in [3.8, 4) is 6.07 Å². The molecule has 1 aromatic heterocycles. The van der Waals surface area contributed by atoms with Crippen LogP contribution in [0.2, 0.25) is 0 Å². The molecule has 0 aliphatic carbocycles. The van der Waals surface area contributed by atoms with E-state index >= 15 is 0 Å². The minimum atomic E-state index is -0.421. The first-order chi connectivity index (χ1) is 8.60. The predicted octanol–water partition coefficient (Wildman–Crippen LogP) is 2.35. The van der Waals surface area contributed by atoms with Crippen molar-refractivity contribution in [2.45, 2.75) is 13.5 Å². The quantitative estimate of drug-likeness (QED) is 0.901. The Balaban J connectivity index is 2.11. The number of hydrogen-bond donors (Lipinski definition) is 1. The number of halogens is 1. The van der Waals surface area contributed by atoms with Crippen LogP contribution in [-0.2, 0) is 13.6 Å². The summed E-state index contributed by atoms with van der Waals surface area (Å²) < 4.78 is 15.3. The van der Waals surface area contributed by atoms with Gasteiger partial charge in [0.05, 0.1) is 23.0 Å². The Morgan fingerprint density at radius 1 is 1.50 bits per heavy atom. The fourth-order valence-electron chi connectivity index (χ4n) is 1.74. The summed E-state index contributed by atoms with van der Waals surface area (Å²) in [6.07, 6.45) is 1.89. The van der Waals surface area contributed by atoms with Crippen LogP contribution in [0.5, 0.6) is 0 Å². The Morgan fingerprint density at radius 2 is 2.28 bits per heavy atom. The van der Waals surface area contributed by atoms with Crippen molar-refractivity contribution in [1.82, 2.24) is 9.78 Å². The Morgan fingerprint density at radius 3 is 2.83 bits per heavy atom. The van der Waals surface area contributed by atoms with Gasteiger partial charge in [-0.1, -0.05) is 0 Å². The average Bonchev–Trinajstić information content (AvgIpc) is 2.66. The fraction of sp³-hybridized carbons (Fsp3) is 0.231. The lowest BCUT2D eigenvalue weighted by Crippen LogP contribution is -2.02. The van der Waals surface area contributed by atoms with Crippen LogP contribution in [0.25, 0.3) is 0 Å². The Bertz CT molecular complexity index is 610. The third kappa shape index (κ3) is 2.48. The minimum Gasteiger partial charge on any atom is -0.378 e. The molecule has 2 rings (SSSR count). The summed E-state index contributed by atoms with van der Waals surface area (Å²) in [5, 5.41) is 15.9. The van der Waals surface area contributed by atoms with Gasteiger partial charge < -0.3 is 5.32 Å². The number of rotatable bonds is 3. The van der Waals surface area contributed by atoms with Crippen LogP contribution in [0.3, 0.4) is 0 Å². The van der Waals surface area contributed by atoms with Crippen molar-refractivity contribution in [3.63, 3.8) is 0 Å². The number of nitrogens with one attached hydrogen (secondary N) is 1. The van der Waals surface area contributed by atoms with Crippen LogP contribution >= 0.6 is 0 Å². The number of aryl methyl sites for hydroxylation is 2. The molecule has 1 heterocycles. The molecule has 4 nitrogen and oxygen atoms in total. The predicted molar refractivity (Wildman–Crippen MR) is 66.4 cm³/mol. The molecule has 0 fully saturated rings. The molecule has 2 aromatic rings. The highest BCUT2D eigenvalue weighted by Gasteiger charge is 2.06. The minimum absolute atomic E-state index is 0.315. The van der Waals surface area contributed by atoms with E-state index in [0.717, 1.165) is 11.3 Å². The summed E-state index contributed by atoms with van der Waals surface area (Å²) >= 11 is 0. The molecule has 1 N–H and O–H groups in total. The molecule has 5 heteroatoms. The molecule has 0 radical (unpaired) electrons. The zero-order valence-corrected chi connectivity index (χ0v) is 10.2. The lowest BCUT2D eigenvalue weighted by Gasteiger charge is -2.06. The molecule has 0 spiro atoms. The van der Waals surface area contributed by atoms with Crippen LogP contribution in [0, 0.1) is 24.1 Å². The maximum Gasteiger partial charge on any atom is 0.147 e. The Hall–Kier alpha value is -2.35. The van der Waals surface area contributed by atoms with E-state index in [2.05, 4.69) is 10.4 Å². The Labute approximate surface area is 105 Å². The first-order valence-corrected chi connectivity index (χ1v) is 5.53. The molecule has 0 aliphatic heterocycles. The second-order valence-electron chi connectivity index (χ2n) is 4.07. The SMILES string of the molecule is Cc1nn(C)cc1CNc1ccc(C#N)cc1F. The zero-order chi connectivity index (χ0) is 13.1. The van der Waals surface area contributed by atoms with Crippen molar-refractivity contribution in [2.24, 2.45) is 7.05 Å². The second-order valence-corrected chi connectivity index (χ2v) is 4.07. The number of anilines is 1. The molecule has 0 saturated heterocycles. The fourth-order valence-corrected chi connectivity index (χ4v) is 1.74. The molecule has 18 heavy (non-hydrogen) atoms. The second kappa shape index (κ2) is 4.88. The third-order valence-electron chi connectivity index (χ3n) is 2.68. The largest absolute Gasteiger partial charge is 0.378 e. The van der Waals surface area contributed by atoms with E-state index in [1.807, 2.05) is 26.2 Å². The third-order valence-corrected chi connectivity index (χ3v) is 2.68. The first kappa shape index (κ1) is 12.1. The van der Waals surface area contributed by atoms with Crippen LogP contribution < -0.4 is 5.32 Å². The van der Waals surface area contributed by atoms with Crippen molar-refractivity contribution < 1.29 is 4.39 Å². The highest BCUT2D eigenvalue weighted by molar-refractivity contribution is 5.49. The highest BCUT2D eigenvalue weighted by atomic mass is 19.1. The van der Waals surface area contributed by atoms with Crippen LogP contribution in [0.4, 0.5) is 10.1 Å². The van der Waals surface area contributed by atoms with Gasteiger partial charge in [-0.25, -0.2) is 4.39 Å². The van der Waals surface area contributed by atoms with Gasteiger partial charge in [0.2, 0.25) is 0 Å². The van der Waals surface area contributed by atoms with Gasteiger partial charge in [-0.15, -0.1) is 0 Å². The van der Waals surface area contributed by atoms with Gasteiger partial charge in [-0.2, -0.15) is 10.4 Å². The molecule has 1 aromatic carbocycles. The van der Waals surface area contributed by atoms with E-state index in [1.54, 1.807) is 16.8 Å². The summed E-state index contributed by atoms with van der Waals surface area (Å²) in [6.45, 7) is 2.41. The van der Waals surface area contributed by atoms with Gasteiger partial charge in [0.1, 0.15) is 5.82 Å². The van der Waals surface area contributed by atoms with Gasteiger partial charge >= 0.3 is 0 Å². The van der Waals surface area contributed by atoms with E-state index in [1.165, 1.54) is 6.07 Å². The number of aromatic nitrogens is 2. The maximum atomic E-state index is 13.6. The lowest BCUT2D eigenvalue weighted by molar-refractivity contribution is 0.629. The van der Waals surface area contributed by atoms with Crippen molar-refractivity contribution in [1.29, 1.82) is 5.26 Å². The zero-order valence-electron chi connectivity index (χ0n) is 10.2. The van der Waals surface area contributed by atoms with Gasteiger partial charge in [-0.05, 0) is 25.1 Å². The molecule has 0 aliphatic rings. The van der Waals surface area contributed by atoms with E-state index in [4.69, 9.17) is 5.26 Å². The number of nitriles is 1. The summed E-state index contributed by atoms with van der Waals surface area (Å²) in [6, 6.07) is 6.27. The number of nitrogens with zero attached hydrogens (tertiary/aromatic N) is 3. The summed E-state index contributed by atoms with van der Waals surface area (Å²) in [7, 11) is 1.85. The summed E-state index contributed by atoms with van der Waals surface area (Å²) in [5.41, 5.74) is 2.63. The van der Waals surface area contributed by atoms with Crippen molar-refractivity contribution >= 4 is 5.69 Å². The van der Waals surface area contributed by atoms with Gasteiger partial charge in [0, 0.05) is 25.4 Å². The van der Waals surface area contributed by atoms with Crippen LogP contribution in [0.1, 0.15) is 16.8 Å². The van der Waals surface area contributed by atoms with Crippen molar-refractivity contribution in [3.05, 3.63) is 47.0 Å². The number of benzene rings is 1. The molecule has 0 saturated carbocycles. The normalized spacial score (nSPS) is 10.1. The van der Waals surface area contributed by atoms with E-state index in [-0.39, 0.29) is 0 Å². The van der Waals surface area contributed by atoms with E-state index < -0.39 is 5.82 Å². The van der Waals surface area contributed by atoms with Gasteiger partial charge in [-0.3, -0.25) is 4.68 Å². The average molecular weight is 244 g/mol. The number of hydrogen-bond acceptors (Lipinski definition) is 3. The molecule has 92 valence electrons. The molecule has 0 unspecified atom stereocenters. The van der Waals surface area contributed by atoms with Gasteiger partial charge in [0.15, 0.2) is 0 Å². The molecular formula is C13H13FN4. The molecule has 0 bridgehead atoms. The maximum absolute atomic E-state index is 13.6. The van der Waals surface area contributed by atoms with E-state index in [0.29, 0.717) is 17.8 Å². The smallest absolute Gasteiger partial charge is 0.147 e. The standard InChI is InChI=1S/C13H13FN4/c1-9-11(8-18(2)17-9)7-16-13-4-3-10(6-15)5-12(13)14/h3-5,8,16H,7H2,1-2H3. The topological polar surface area (TPSA) is 53.6 Å². The monoisotopic (exact) mass is 244 g/mol. The first-order valence-electron chi connectivity index (χ1n) is 5.53. The Kier molecular flexibility index (Phi) is 3.28. The van der Waals surface area contributed by atoms with Crippen LogP contribution in [-0.4, -0.2) is 9.78 Å². The van der Waals surface area contributed by atoms with Crippen molar-refractivity contribution in [2.75, 3.05) is 5.32 Å². The summed E-state index contributed by atoms with van der Waals surface area (Å²) in [4.78, 5) is 0. The van der Waals surface area contributed by atoms with Crippen LogP contribution in [0.15, 0.2) is 24.4 Å².